The summed E-state index contributed by atoms with van der Waals surface area (Å²) in [6, 6.07) is 17.2. The first-order valence-electron chi connectivity index (χ1n) is 15.8. The number of carbonyl (C=O) groups is 3. The molecule has 0 fully saturated rings. The van der Waals surface area contributed by atoms with Gasteiger partial charge in [0.25, 0.3) is 0 Å². The van der Waals surface area contributed by atoms with Crippen molar-refractivity contribution >= 4 is 23.7 Å². The molecule has 0 aromatic heterocycles. The standard InChI is InChI=1S/C37H43NO8/c1-24-10-9-15-29(40)14-8-4-7-13-27-21-32(41)35(36(43)34(27)37(44)46-24)31(26-16-18-30(45-2)19-17-26)22-33(42)38-28(23-39)20-25-11-5-3-6-12-25/h3,5-7,11-13,16-19,21,24,28,31,39,41,43H,4,8-10,14-15,20,22-23H2,1-2H3,(H,38,42). The predicted molar refractivity (Wildman–Crippen MR) is 175 cm³/mol. The van der Waals surface area contributed by atoms with Crippen LogP contribution in [-0.4, -0.2) is 58.8 Å². The van der Waals surface area contributed by atoms with E-state index < -0.39 is 35.7 Å². The molecule has 0 spiro atoms. The Morgan fingerprint density at radius 2 is 1.76 bits per heavy atom. The average molecular weight is 630 g/mol. The largest absolute Gasteiger partial charge is 0.507 e. The number of rotatable bonds is 9. The Kier molecular flexibility index (Phi) is 12.4. The van der Waals surface area contributed by atoms with Gasteiger partial charge in [-0.2, -0.15) is 0 Å². The van der Waals surface area contributed by atoms with Gasteiger partial charge in [0.05, 0.1) is 25.9 Å². The topological polar surface area (TPSA) is 142 Å². The van der Waals surface area contributed by atoms with Crippen molar-refractivity contribution in [1.29, 1.82) is 0 Å². The van der Waals surface area contributed by atoms with Gasteiger partial charge >= 0.3 is 5.97 Å². The molecule has 9 heteroatoms. The first kappa shape index (κ1) is 34.2. The molecule has 0 radical (unpaired) electrons. The van der Waals surface area contributed by atoms with Gasteiger partial charge < -0.3 is 30.1 Å². The van der Waals surface area contributed by atoms with Crippen molar-refractivity contribution in [2.75, 3.05) is 13.7 Å². The number of esters is 1. The third kappa shape index (κ3) is 9.20. The normalized spacial score (nSPS) is 17.2. The molecule has 3 aromatic rings. The summed E-state index contributed by atoms with van der Waals surface area (Å²) in [4.78, 5) is 39.2. The zero-order chi connectivity index (χ0) is 33.1. The van der Waals surface area contributed by atoms with Crippen LogP contribution in [0.4, 0.5) is 0 Å². The van der Waals surface area contributed by atoms with E-state index in [0.717, 1.165) is 5.56 Å². The summed E-state index contributed by atoms with van der Waals surface area (Å²) in [6.45, 7) is 1.45. The monoisotopic (exact) mass is 629 g/mol. The van der Waals surface area contributed by atoms with Crippen LogP contribution in [0.2, 0.25) is 0 Å². The molecule has 0 saturated heterocycles. The number of aromatic hydroxyl groups is 2. The quantitative estimate of drug-likeness (QED) is 0.217. The van der Waals surface area contributed by atoms with E-state index in [2.05, 4.69) is 5.32 Å². The molecule has 244 valence electrons. The van der Waals surface area contributed by atoms with E-state index in [1.807, 2.05) is 30.3 Å². The Morgan fingerprint density at radius 1 is 1.04 bits per heavy atom. The Morgan fingerprint density at radius 3 is 2.46 bits per heavy atom. The fraction of sp³-hybridized carbons (Fsp3) is 0.378. The second kappa shape index (κ2) is 16.6. The van der Waals surface area contributed by atoms with E-state index in [1.54, 1.807) is 43.3 Å². The van der Waals surface area contributed by atoms with Crippen LogP contribution in [0.5, 0.6) is 17.2 Å². The minimum atomic E-state index is -0.874. The molecule has 3 unspecified atom stereocenters. The number of cyclic esters (lactones) is 1. The number of amides is 1. The van der Waals surface area contributed by atoms with Crippen molar-refractivity contribution in [3.63, 3.8) is 0 Å². The van der Waals surface area contributed by atoms with E-state index >= 15 is 0 Å². The highest BCUT2D eigenvalue weighted by atomic mass is 16.5. The third-order valence-electron chi connectivity index (χ3n) is 8.22. The van der Waals surface area contributed by atoms with E-state index in [-0.39, 0.29) is 41.3 Å². The minimum Gasteiger partial charge on any atom is -0.507 e. The van der Waals surface area contributed by atoms with Gasteiger partial charge in [0.15, 0.2) is 0 Å². The second-order valence-corrected chi connectivity index (χ2v) is 11.7. The lowest BCUT2D eigenvalue weighted by Crippen LogP contribution is -2.39. The number of carbonyl (C=O) groups excluding carboxylic acids is 3. The number of ether oxygens (including phenoxy) is 2. The highest BCUT2D eigenvalue weighted by Gasteiger charge is 2.31. The lowest BCUT2D eigenvalue weighted by Gasteiger charge is -2.24. The highest BCUT2D eigenvalue weighted by Crippen LogP contribution is 2.44. The van der Waals surface area contributed by atoms with Crippen LogP contribution in [-0.2, 0) is 20.7 Å². The summed E-state index contributed by atoms with van der Waals surface area (Å²) in [7, 11) is 1.53. The molecule has 4 rings (SSSR count). The molecule has 9 nitrogen and oxygen atoms in total. The Hall–Kier alpha value is -4.63. The molecule has 0 bridgehead atoms. The SMILES string of the molecule is COc1ccc(C(CC(=O)NC(CO)Cc2ccccc2)c2c(O)cc3c(c2O)C(=O)OC(C)CCCC(=O)CCCC=C3)cc1. The number of aliphatic hydroxyl groups is 1. The first-order valence-corrected chi connectivity index (χ1v) is 15.8. The zero-order valence-electron chi connectivity index (χ0n) is 26.4. The number of allylic oxidation sites excluding steroid dienone is 1. The summed E-state index contributed by atoms with van der Waals surface area (Å²) in [5.41, 5.74) is 1.70. The number of hydrogen-bond donors (Lipinski definition) is 4. The summed E-state index contributed by atoms with van der Waals surface area (Å²) >= 11 is 0. The smallest absolute Gasteiger partial charge is 0.342 e. The van der Waals surface area contributed by atoms with Crippen molar-refractivity contribution in [2.24, 2.45) is 0 Å². The number of Topliss-reactive ketones (excluding diaryl/α,β-unsaturated/α-hetero) is 1. The molecule has 3 aromatic carbocycles. The van der Waals surface area contributed by atoms with Gasteiger partial charge in [-0.1, -0.05) is 54.6 Å². The maximum Gasteiger partial charge on any atom is 0.342 e. The van der Waals surface area contributed by atoms with Crippen LogP contribution >= 0.6 is 0 Å². The third-order valence-corrected chi connectivity index (χ3v) is 8.22. The summed E-state index contributed by atoms with van der Waals surface area (Å²) in [5, 5.41) is 36.0. The molecule has 4 N–H and O–H groups in total. The first-order chi connectivity index (χ1) is 22.2. The van der Waals surface area contributed by atoms with Gasteiger partial charge in [-0.15, -0.1) is 0 Å². The summed E-state index contributed by atoms with van der Waals surface area (Å²) < 4.78 is 11.0. The molecule has 46 heavy (non-hydrogen) atoms. The van der Waals surface area contributed by atoms with E-state index in [9.17, 15) is 29.7 Å². The predicted octanol–water partition coefficient (Wildman–Crippen LogP) is 5.83. The van der Waals surface area contributed by atoms with Crippen LogP contribution in [0.15, 0.2) is 66.7 Å². The molecule has 1 aliphatic heterocycles. The number of methoxy groups -OCH3 is 1. The van der Waals surface area contributed by atoms with Crippen LogP contribution in [0.3, 0.4) is 0 Å². The van der Waals surface area contributed by atoms with Crippen molar-refractivity contribution in [3.05, 3.63) is 94.6 Å². The van der Waals surface area contributed by atoms with Crippen LogP contribution in [0.25, 0.3) is 6.08 Å². The van der Waals surface area contributed by atoms with Gasteiger partial charge in [0, 0.05) is 30.7 Å². The minimum absolute atomic E-state index is 0.00684. The fourth-order valence-corrected chi connectivity index (χ4v) is 5.77. The number of phenols is 2. The van der Waals surface area contributed by atoms with Gasteiger partial charge in [0.2, 0.25) is 5.91 Å². The molecular weight excluding hydrogens is 586 g/mol. The number of hydrogen-bond acceptors (Lipinski definition) is 8. The Bertz CT molecular complexity index is 1520. The number of ketones is 1. The molecule has 0 aliphatic carbocycles. The second-order valence-electron chi connectivity index (χ2n) is 11.7. The Labute approximate surface area is 269 Å². The molecule has 1 aliphatic rings. The zero-order valence-corrected chi connectivity index (χ0v) is 26.4. The van der Waals surface area contributed by atoms with E-state index in [0.29, 0.717) is 56.3 Å². The number of aliphatic hydroxyl groups excluding tert-OH is 1. The maximum absolute atomic E-state index is 13.6. The Balaban J connectivity index is 1.73. The van der Waals surface area contributed by atoms with Gasteiger partial charge in [0.1, 0.15) is 28.6 Å². The van der Waals surface area contributed by atoms with E-state index in [4.69, 9.17) is 9.47 Å². The van der Waals surface area contributed by atoms with Crippen LogP contribution in [0, 0.1) is 0 Å². The van der Waals surface area contributed by atoms with Gasteiger partial charge in [-0.3, -0.25) is 9.59 Å². The van der Waals surface area contributed by atoms with Crippen molar-refractivity contribution < 1.29 is 39.2 Å². The lowest BCUT2D eigenvalue weighted by atomic mass is 9.84. The highest BCUT2D eigenvalue weighted by molar-refractivity contribution is 5.98. The maximum atomic E-state index is 13.6. The number of fused-ring (bicyclic) bond motifs is 1. The fourth-order valence-electron chi connectivity index (χ4n) is 5.77. The number of phenolic OH excluding ortho intramolecular Hbond substituents is 2. The van der Waals surface area contributed by atoms with Gasteiger partial charge in [-0.05, 0) is 73.9 Å². The number of benzene rings is 3. The van der Waals surface area contributed by atoms with Crippen molar-refractivity contribution in [1.82, 2.24) is 5.32 Å². The van der Waals surface area contributed by atoms with Crippen LogP contribution in [0.1, 0.15) is 90.4 Å². The molecule has 3 atom stereocenters. The number of nitrogens with one attached hydrogen (secondary N) is 1. The molecular formula is C37H43NO8. The molecule has 0 saturated carbocycles. The van der Waals surface area contributed by atoms with Gasteiger partial charge in [-0.25, -0.2) is 4.79 Å². The van der Waals surface area contributed by atoms with Crippen molar-refractivity contribution in [3.8, 4) is 17.2 Å². The molecule has 1 heterocycles. The summed E-state index contributed by atoms with van der Waals surface area (Å²) in [6.07, 6.45) is 6.28. The average Bonchev–Trinajstić information content (AvgIpc) is 3.03. The van der Waals surface area contributed by atoms with Crippen LogP contribution < -0.4 is 10.1 Å². The molecule has 1 amide bonds. The summed E-state index contributed by atoms with van der Waals surface area (Å²) in [5.74, 6) is -2.08. The van der Waals surface area contributed by atoms with E-state index in [1.165, 1.54) is 13.2 Å². The van der Waals surface area contributed by atoms with Crippen molar-refractivity contribution in [2.45, 2.75) is 76.4 Å². The lowest BCUT2D eigenvalue weighted by molar-refractivity contribution is -0.122.